The second-order valence-electron chi connectivity index (χ2n) is 11.9. The zero-order valence-electron chi connectivity index (χ0n) is 24.4. The van der Waals surface area contributed by atoms with Crippen molar-refractivity contribution in [3.63, 3.8) is 0 Å². The third-order valence-electron chi connectivity index (χ3n) is 9.47. The van der Waals surface area contributed by atoms with Crippen LogP contribution in [0.1, 0.15) is 41.6 Å². The summed E-state index contributed by atoms with van der Waals surface area (Å²) in [4.78, 5) is 26.6. The number of halogens is 1. The Bertz CT molecular complexity index is 1730. The predicted octanol–water partition coefficient (Wildman–Crippen LogP) is 5.29. The first kappa shape index (κ1) is 26.9. The molecule has 3 aromatic heterocycles. The van der Waals surface area contributed by atoms with Gasteiger partial charge in [-0.25, -0.2) is 14.4 Å². The van der Waals surface area contributed by atoms with Gasteiger partial charge in [-0.3, -0.25) is 9.69 Å². The van der Waals surface area contributed by atoms with E-state index < -0.39 is 11.8 Å². The van der Waals surface area contributed by atoms with E-state index in [0.717, 1.165) is 77.3 Å². The number of nitrogens with zero attached hydrogens (tertiary/aromatic N) is 5. The van der Waals surface area contributed by atoms with Gasteiger partial charge < -0.3 is 19.3 Å². The number of carboxylic acids is 1. The zero-order valence-corrected chi connectivity index (χ0v) is 24.4. The molecule has 1 unspecified atom stereocenters. The monoisotopic (exact) mass is 569 g/mol. The summed E-state index contributed by atoms with van der Waals surface area (Å²) in [6.07, 6.45) is 5.71. The molecule has 218 valence electrons. The Morgan fingerprint density at radius 2 is 2.02 bits per heavy atom. The number of aryl methyl sites for hydroxylation is 2. The second kappa shape index (κ2) is 10.4. The number of hydrogen-bond donors (Lipinski definition) is 1. The average molecular weight is 570 g/mol. The Morgan fingerprint density at radius 1 is 1.17 bits per heavy atom. The third kappa shape index (κ3) is 4.42. The molecule has 3 aliphatic heterocycles. The number of carbonyl (C=O) groups is 1. The zero-order chi connectivity index (χ0) is 29.1. The van der Waals surface area contributed by atoms with Crippen molar-refractivity contribution in [2.24, 2.45) is 7.05 Å². The van der Waals surface area contributed by atoms with Crippen molar-refractivity contribution in [3.05, 3.63) is 58.7 Å². The molecule has 0 bridgehead atoms. The molecule has 7 rings (SSSR count). The fourth-order valence-corrected chi connectivity index (χ4v) is 7.30. The number of anilines is 1. The molecule has 0 spiro atoms. The molecule has 0 amide bonds. The fraction of sp³-hybridized carbons (Fsp3) is 0.424. The lowest BCUT2D eigenvalue weighted by Crippen LogP contribution is -2.50. The maximum atomic E-state index is 15.5. The van der Waals surface area contributed by atoms with E-state index in [9.17, 15) is 9.90 Å². The standard InChI is InChI=1S/C33H36FN5O3/c1-19-23-7-5-13-42-32(23)27(34)15-24(19)31-25(17-30(40)41)20(2)36-33-26(31)16-28(37(33)3)21-8-9-35-29(14-21)39-12-11-38-10-4-6-22(38)18-39/h8-9,14-16,22H,4-7,10-13,17-18H2,1-3H3,(H,40,41). The lowest BCUT2D eigenvalue weighted by molar-refractivity contribution is -0.136. The molecule has 3 aliphatic rings. The number of pyridine rings is 2. The first-order valence-electron chi connectivity index (χ1n) is 14.9. The highest BCUT2D eigenvalue weighted by molar-refractivity contribution is 6.01. The van der Waals surface area contributed by atoms with Crippen molar-refractivity contribution in [1.29, 1.82) is 0 Å². The van der Waals surface area contributed by atoms with Gasteiger partial charge in [0.1, 0.15) is 11.5 Å². The molecule has 1 N–H and O–H groups in total. The Labute approximate surface area is 244 Å². The third-order valence-corrected chi connectivity index (χ3v) is 9.47. The molecule has 0 saturated carbocycles. The van der Waals surface area contributed by atoms with Crippen LogP contribution in [0.5, 0.6) is 5.75 Å². The molecule has 1 atom stereocenters. The topological polar surface area (TPSA) is 83.7 Å². The van der Waals surface area contributed by atoms with Gasteiger partial charge in [-0.05, 0) is 92.6 Å². The van der Waals surface area contributed by atoms with Crippen LogP contribution in [-0.4, -0.2) is 69.3 Å². The van der Waals surface area contributed by atoms with Crippen LogP contribution in [0, 0.1) is 19.7 Å². The number of aromatic nitrogens is 3. The molecule has 6 heterocycles. The Balaban J connectivity index is 1.39. The van der Waals surface area contributed by atoms with Crippen molar-refractivity contribution in [2.45, 2.75) is 52.0 Å². The largest absolute Gasteiger partial charge is 0.490 e. The summed E-state index contributed by atoms with van der Waals surface area (Å²) in [6, 6.07) is 8.33. The summed E-state index contributed by atoms with van der Waals surface area (Å²) in [5, 5.41) is 10.7. The summed E-state index contributed by atoms with van der Waals surface area (Å²) >= 11 is 0. The van der Waals surface area contributed by atoms with E-state index in [-0.39, 0.29) is 6.42 Å². The number of aliphatic carboxylic acids is 1. The highest BCUT2D eigenvalue weighted by Crippen LogP contribution is 2.43. The number of ether oxygens (including phenoxy) is 1. The molecular weight excluding hydrogens is 533 g/mol. The molecule has 42 heavy (non-hydrogen) atoms. The molecule has 2 saturated heterocycles. The Hall–Kier alpha value is -3.98. The molecular formula is C33H36FN5O3. The molecule has 0 radical (unpaired) electrons. The van der Waals surface area contributed by atoms with Gasteiger partial charge in [0, 0.05) is 61.1 Å². The molecule has 0 aliphatic carbocycles. The quantitative estimate of drug-likeness (QED) is 0.350. The molecule has 8 nitrogen and oxygen atoms in total. The van der Waals surface area contributed by atoms with E-state index in [1.807, 2.05) is 33.2 Å². The van der Waals surface area contributed by atoms with Crippen LogP contribution in [0.3, 0.4) is 0 Å². The smallest absolute Gasteiger partial charge is 0.307 e. The number of rotatable bonds is 5. The van der Waals surface area contributed by atoms with E-state index in [1.165, 1.54) is 25.5 Å². The number of piperazine rings is 1. The SMILES string of the molecule is Cc1nc2c(cc(-c3ccnc(N4CCN5CCCC5C4)c3)n2C)c(-c2cc(F)c3c(c2C)CCCO3)c1CC(=O)O. The summed E-state index contributed by atoms with van der Waals surface area (Å²) in [6.45, 7) is 8.52. The van der Waals surface area contributed by atoms with Gasteiger partial charge in [0.05, 0.1) is 18.7 Å². The minimum atomic E-state index is -0.947. The number of carboxylic acid groups (broad SMARTS) is 1. The average Bonchev–Trinajstić information content (AvgIpc) is 3.59. The van der Waals surface area contributed by atoms with Crippen molar-refractivity contribution in [2.75, 3.05) is 37.7 Å². The normalized spacial score (nSPS) is 18.7. The Kier molecular flexibility index (Phi) is 6.65. The molecule has 2 fully saturated rings. The lowest BCUT2D eigenvalue weighted by Gasteiger charge is -2.38. The number of hydrogen-bond acceptors (Lipinski definition) is 6. The van der Waals surface area contributed by atoms with Gasteiger partial charge in [-0.1, -0.05) is 0 Å². The van der Waals surface area contributed by atoms with Crippen LogP contribution in [0.15, 0.2) is 30.5 Å². The van der Waals surface area contributed by atoms with Gasteiger partial charge in [0.15, 0.2) is 11.6 Å². The van der Waals surface area contributed by atoms with E-state index in [2.05, 4.69) is 26.5 Å². The van der Waals surface area contributed by atoms with Gasteiger partial charge in [-0.2, -0.15) is 0 Å². The maximum absolute atomic E-state index is 15.5. The van der Waals surface area contributed by atoms with Crippen molar-refractivity contribution >= 4 is 22.8 Å². The summed E-state index contributed by atoms with van der Waals surface area (Å²) < 4.78 is 23.2. The van der Waals surface area contributed by atoms with Crippen LogP contribution in [0.4, 0.5) is 10.2 Å². The molecule has 9 heteroatoms. The first-order chi connectivity index (χ1) is 20.3. The van der Waals surface area contributed by atoms with Gasteiger partial charge in [-0.15, -0.1) is 0 Å². The minimum absolute atomic E-state index is 0.199. The minimum Gasteiger partial charge on any atom is -0.490 e. The van der Waals surface area contributed by atoms with E-state index >= 15 is 4.39 Å². The fourth-order valence-electron chi connectivity index (χ4n) is 7.30. The number of benzene rings is 1. The lowest BCUT2D eigenvalue weighted by atomic mass is 9.87. The van der Waals surface area contributed by atoms with Crippen LogP contribution in [0.2, 0.25) is 0 Å². The van der Waals surface area contributed by atoms with Crippen molar-refractivity contribution in [1.82, 2.24) is 19.4 Å². The van der Waals surface area contributed by atoms with E-state index in [4.69, 9.17) is 14.7 Å². The molecule has 1 aromatic carbocycles. The maximum Gasteiger partial charge on any atom is 0.307 e. The van der Waals surface area contributed by atoms with Crippen LogP contribution in [-0.2, 0) is 24.7 Å². The summed E-state index contributed by atoms with van der Waals surface area (Å²) in [5.74, 6) is -0.0719. The van der Waals surface area contributed by atoms with Crippen LogP contribution in [0.25, 0.3) is 33.4 Å². The van der Waals surface area contributed by atoms with Gasteiger partial charge >= 0.3 is 5.97 Å². The Morgan fingerprint density at radius 3 is 2.86 bits per heavy atom. The second-order valence-corrected chi connectivity index (χ2v) is 11.9. The highest BCUT2D eigenvalue weighted by Gasteiger charge is 2.31. The van der Waals surface area contributed by atoms with Crippen molar-refractivity contribution in [3.8, 4) is 28.1 Å². The first-order valence-corrected chi connectivity index (χ1v) is 14.9. The van der Waals surface area contributed by atoms with Gasteiger partial charge in [0.25, 0.3) is 0 Å². The van der Waals surface area contributed by atoms with Gasteiger partial charge in [0.2, 0.25) is 0 Å². The summed E-state index contributed by atoms with van der Waals surface area (Å²) in [7, 11) is 1.98. The van der Waals surface area contributed by atoms with E-state index in [1.54, 1.807) is 0 Å². The predicted molar refractivity (Wildman–Crippen MR) is 161 cm³/mol. The van der Waals surface area contributed by atoms with Crippen LogP contribution >= 0.6 is 0 Å². The highest BCUT2D eigenvalue weighted by atomic mass is 19.1. The van der Waals surface area contributed by atoms with Crippen molar-refractivity contribution < 1.29 is 19.0 Å². The van der Waals surface area contributed by atoms with Crippen LogP contribution < -0.4 is 9.64 Å². The van der Waals surface area contributed by atoms with E-state index in [0.29, 0.717) is 35.2 Å². The molecule has 4 aromatic rings. The summed E-state index contributed by atoms with van der Waals surface area (Å²) in [5.41, 5.74) is 7.15. The number of fused-ring (bicyclic) bond motifs is 3.